The summed E-state index contributed by atoms with van der Waals surface area (Å²) in [5.74, 6) is -6.84. The number of aliphatic hydroxyl groups is 3. The molecule has 2 aliphatic rings. The first-order chi connectivity index (χ1) is 21.6. The van der Waals surface area contributed by atoms with Crippen molar-refractivity contribution in [1.29, 1.82) is 0 Å². The van der Waals surface area contributed by atoms with Gasteiger partial charge in [0.1, 0.15) is 50.0 Å². The number of hydrogen-bond donors (Lipinski definition) is 4. The van der Waals surface area contributed by atoms with Gasteiger partial charge in [0.15, 0.2) is 24.6 Å². The maximum atomic E-state index is 12.9. The van der Waals surface area contributed by atoms with Crippen LogP contribution in [0.1, 0.15) is 33.3 Å². The fraction of sp³-hybridized carbons (Fsp3) is 0.552. The zero-order valence-electron chi connectivity index (χ0n) is 25.3. The van der Waals surface area contributed by atoms with Gasteiger partial charge in [0.25, 0.3) is 0 Å². The Kier molecular flexibility index (Phi) is 12.6. The summed E-state index contributed by atoms with van der Waals surface area (Å²) in [4.78, 5) is 59.7. The average Bonchev–Trinajstić information content (AvgIpc) is 3.23. The second-order valence-electron chi connectivity index (χ2n) is 10.3. The van der Waals surface area contributed by atoms with Gasteiger partial charge in [-0.3, -0.25) is 19.2 Å². The molecule has 9 atom stereocenters. The normalized spacial score (nSPS) is 30.8. The summed E-state index contributed by atoms with van der Waals surface area (Å²) in [6.45, 7) is 1.92. The van der Waals surface area contributed by atoms with E-state index in [0.29, 0.717) is 5.56 Å². The van der Waals surface area contributed by atoms with Gasteiger partial charge in [0.05, 0.1) is 0 Å². The molecular formula is C29H36O17. The predicted octanol–water partition coefficient (Wildman–Crippen LogP) is -1.14. The van der Waals surface area contributed by atoms with E-state index < -0.39 is 104 Å². The number of phenols is 1. The molecule has 0 radical (unpaired) electrons. The molecule has 0 amide bonds. The fourth-order valence-electron chi connectivity index (χ4n) is 4.69. The van der Waals surface area contributed by atoms with Crippen LogP contribution in [-0.4, -0.2) is 125 Å². The minimum Gasteiger partial charge on any atom is -0.508 e. The van der Waals surface area contributed by atoms with Gasteiger partial charge >= 0.3 is 29.8 Å². The van der Waals surface area contributed by atoms with Crippen molar-refractivity contribution in [2.24, 2.45) is 0 Å². The molecule has 2 heterocycles. The van der Waals surface area contributed by atoms with Crippen LogP contribution >= 0.6 is 0 Å². The molecule has 4 N–H and O–H groups in total. The van der Waals surface area contributed by atoms with E-state index in [-0.39, 0.29) is 5.75 Å². The van der Waals surface area contributed by atoms with Gasteiger partial charge in [-0.05, 0) is 23.8 Å². The summed E-state index contributed by atoms with van der Waals surface area (Å²) < 4.78 is 43.1. The molecule has 2 aliphatic heterocycles. The first-order valence-electron chi connectivity index (χ1n) is 13.9. The number of ether oxygens (including phenoxy) is 8. The molecule has 2 saturated heterocycles. The van der Waals surface area contributed by atoms with Crippen molar-refractivity contribution in [1.82, 2.24) is 0 Å². The third-order valence-corrected chi connectivity index (χ3v) is 6.68. The first kappa shape index (κ1) is 36.3. The molecule has 1 aromatic carbocycles. The first-order valence-corrected chi connectivity index (χ1v) is 13.9. The van der Waals surface area contributed by atoms with E-state index in [0.717, 1.165) is 33.8 Å². The standard InChI is InChI=1S/C29H36O17/c1-14(31)39-11-20-23(37)27(44-22(36)10-7-18-5-8-19(35)9-6-18)29(13-30,45-20)46-28-24(38)26(42-17(4)34)25(41-16(3)33)21(43-28)12-40-15(2)32/h5-10,20-21,23-28,30,35,37-38H,11-13H2,1-4H3/t20-,21-,23-,24-,25-,26-,27+,28-,29+/m1/s1. The van der Waals surface area contributed by atoms with Gasteiger partial charge in [-0.25, -0.2) is 4.79 Å². The highest BCUT2D eigenvalue weighted by Crippen LogP contribution is 2.39. The minimum absolute atomic E-state index is 0.00742. The van der Waals surface area contributed by atoms with Crippen molar-refractivity contribution < 1.29 is 82.3 Å². The van der Waals surface area contributed by atoms with Gasteiger partial charge in [-0.1, -0.05) is 12.1 Å². The van der Waals surface area contributed by atoms with E-state index >= 15 is 0 Å². The molecule has 46 heavy (non-hydrogen) atoms. The highest BCUT2D eigenvalue weighted by atomic mass is 16.8. The Morgan fingerprint density at radius 2 is 1.37 bits per heavy atom. The zero-order chi connectivity index (χ0) is 34.2. The largest absolute Gasteiger partial charge is 0.508 e. The second-order valence-corrected chi connectivity index (χ2v) is 10.3. The van der Waals surface area contributed by atoms with Crippen LogP contribution in [0.4, 0.5) is 0 Å². The third kappa shape index (κ3) is 9.44. The van der Waals surface area contributed by atoms with Crippen molar-refractivity contribution in [3.8, 4) is 5.75 Å². The monoisotopic (exact) mass is 656 g/mol. The number of hydrogen-bond acceptors (Lipinski definition) is 17. The maximum absolute atomic E-state index is 12.9. The lowest BCUT2D eigenvalue weighted by Crippen LogP contribution is -2.64. The lowest BCUT2D eigenvalue weighted by atomic mass is 9.98. The number of carbonyl (C=O) groups is 5. The van der Waals surface area contributed by atoms with Gasteiger partial charge in [-0.2, -0.15) is 0 Å². The summed E-state index contributed by atoms with van der Waals surface area (Å²) >= 11 is 0. The molecule has 3 rings (SSSR count). The number of esters is 5. The number of phenolic OH excluding ortho intramolecular Hbond substituents is 1. The highest BCUT2D eigenvalue weighted by molar-refractivity contribution is 5.87. The van der Waals surface area contributed by atoms with Gasteiger partial charge in [0, 0.05) is 33.8 Å². The van der Waals surface area contributed by atoms with E-state index in [2.05, 4.69) is 0 Å². The third-order valence-electron chi connectivity index (χ3n) is 6.68. The van der Waals surface area contributed by atoms with Crippen LogP contribution in [0.25, 0.3) is 6.08 Å². The fourth-order valence-corrected chi connectivity index (χ4v) is 4.69. The molecule has 17 heteroatoms. The van der Waals surface area contributed by atoms with E-state index in [1.807, 2.05) is 0 Å². The van der Waals surface area contributed by atoms with Crippen molar-refractivity contribution in [2.75, 3.05) is 19.8 Å². The summed E-state index contributed by atoms with van der Waals surface area (Å²) in [5.41, 5.74) is 0.492. The van der Waals surface area contributed by atoms with Crippen LogP contribution in [0, 0.1) is 0 Å². The predicted molar refractivity (Wildman–Crippen MR) is 148 cm³/mol. The van der Waals surface area contributed by atoms with Crippen molar-refractivity contribution >= 4 is 35.9 Å². The zero-order valence-corrected chi connectivity index (χ0v) is 25.3. The lowest BCUT2D eigenvalue weighted by molar-refractivity contribution is -0.383. The quantitative estimate of drug-likeness (QED) is 0.118. The van der Waals surface area contributed by atoms with Crippen molar-refractivity contribution in [2.45, 2.75) is 82.5 Å². The Morgan fingerprint density at radius 1 is 0.804 bits per heavy atom. The maximum Gasteiger partial charge on any atom is 0.331 e. The SMILES string of the molecule is CC(=O)OC[C@H]1O[C@@](CO)(O[C@H]2O[C@H](COC(C)=O)[C@@H](OC(C)=O)[C@H](OC(C)=O)[C@H]2O)[C@@H](OC(=O)C=Cc2ccc(O)cc2)[C@@H]1O. The molecule has 0 bridgehead atoms. The minimum atomic E-state index is -2.50. The summed E-state index contributed by atoms with van der Waals surface area (Å²) in [5, 5.41) is 42.3. The Bertz CT molecular complexity index is 1280. The van der Waals surface area contributed by atoms with E-state index in [1.165, 1.54) is 30.3 Å². The van der Waals surface area contributed by atoms with E-state index in [1.54, 1.807) is 0 Å². The second kappa shape index (κ2) is 15.9. The van der Waals surface area contributed by atoms with Crippen molar-refractivity contribution in [3.63, 3.8) is 0 Å². The molecule has 17 nitrogen and oxygen atoms in total. The lowest BCUT2D eigenvalue weighted by Gasteiger charge is -2.45. The van der Waals surface area contributed by atoms with Crippen LogP contribution in [0.15, 0.2) is 30.3 Å². The number of rotatable bonds is 12. The number of aliphatic hydroxyl groups excluding tert-OH is 3. The summed E-state index contributed by atoms with van der Waals surface area (Å²) in [6, 6.07) is 5.76. The Hall–Kier alpha value is -4.13. The molecule has 0 aliphatic carbocycles. The van der Waals surface area contributed by atoms with E-state index in [4.69, 9.17) is 37.9 Å². The molecule has 0 aromatic heterocycles. The van der Waals surface area contributed by atoms with Gasteiger partial charge < -0.3 is 58.3 Å². The highest BCUT2D eigenvalue weighted by Gasteiger charge is 2.62. The Morgan fingerprint density at radius 3 is 1.91 bits per heavy atom. The molecule has 0 unspecified atom stereocenters. The molecule has 1 aromatic rings. The van der Waals surface area contributed by atoms with Crippen LogP contribution in [0.2, 0.25) is 0 Å². The topological polar surface area (TPSA) is 240 Å². The molecule has 254 valence electrons. The molecule has 2 fully saturated rings. The number of carbonyl (C=O) groups excluding carboxylic acids is 5. The van der Waals surface area contributed by atoms with Gasteiger partial charge in [-0.15, -0.1) is 0 Å². The summed E-state index contributed by atoms with van der Waals surface area (Å²) in [6.07, 6.45) is -11.3. The summed E-state index contributed by atoms with van der Waals surface area (Å²) in [7, 11) is 0. The van der Waals surface area contributed by atoms with E-state index in [9.17, 15) is 44.4 Å². The Balaban J connectivity index is 1.96. The van der Waals surface area contributed by atoms with Crippen LogP contribution < -0.4 is 0 Å². The van der Waals surface area contributed by atoms with Crippen LogP contribution in [0.3, 0.4) is 0 Å². The number of aromatic hydroxyl groups is 1. The number of benzene rings is 1. The van der Waals surface area contributed by atoms with Gasteiger partial charge in [0.2, 0.25) is 5.79 Å². The van der Waals surface area contributed by atoms with Crippen LogP contribution in [-0.2, 0) is 61.9 Å². The molecule has 0 saturated carbocycles. The van der Waals surface area contributed by atoms with Crippen molar-refractivity contribution in [3.05, 3.63) is 35.9 Å². The molecular weight excluding hydrogens is 620 g/mol. The molecule has 0 spiro atoms. The Labute approximate surface area is 262 Å². The smallest absolute Gasteiger partial charge is 0.331 e. The van der Waals surface area contributed by atoms with Crippen LogP contribution in [0.5, 0.6) is 5.75 Å². The average molecular weight is 657 g/mol.